The van der Waals surface area contributed by atoms with Gasteiger partial charge in [-0.25, -0.2) is 0 Å². The Labute approximate surface area is 333 Å². The van der Waals surface area contributed by atoms with Crippen molar-refractivity contribution in [2.45, 2.75) is 56.0 Å². The Kier molecular flexibility index (Phi) is 21.2. The lowest BCUT2D eigenvalue weighted by molar-refractivity contribution is -0.139. The van der Waals surface area contributed by atoms with Crippen LogP contribution in [-0.2, 0) is 51.0 Å². The summed E-state index contributed by atoms with van der Waals surface area (Å²) in [6.07, 6.45) is -3.43. The molecular formula is C37H40BrCl2F3N4O8. The molecular weight excluding hydrogens is 836 g/mol. The largest absolute Gasteiger partial charge is 0.480 e. The minimum absolute atomic E-state index is 0.00741. The number of halogens is 6. The van der Waals surface area contributed by atoms with Crippen LogP contribution in [0.3, 0.4) is 0 Å². The van der Waals surface area contributed by atoms with Gasteiger partial charge in [-0.2, -0.15) is 13.2 Å². The summed E-state index contributed by atoms with van der Waals surface area (Å²) < 4.78 is 37.5. The number of carboxylic acids is 4. The van der Waals surface area contributed by atoms with E-state index < -0.39 is 59.8 Å². The molecule has 0 fully saturated rings. The van der Waals surface area contributed by atoms with Crippen molar-refractivity contribution in [3.63, 3.8) is 0 Å². The van der Waals surface area contributed by atoms with Crippen LogP contribution >= 0.6 is 39.1 Å². The molecule has 0 bridgehead atoms. The standard InChI is InChI=1S/C10H10F3NO2.C9H10BrNO2.2C9H10ClNO2/c11-10(12,13)7-3-1-6(2-4-7)5-8(14)9(15)16;2*10-7-3-1-6(2-4-7)5-8(11)9(12)13;10-7-4-2-1-3-6(7)5-8(11)9(12)13/h1-4,8H,5,14H2,(H,15,16);3*1-4,8H,5,11H2,(H,12,13)/t4*8-/m0000/s1. The molecule has 0 aliphatic heterocycles. The van der Waals surface area contributed by atoms with Crippen molar-refractivity contribution >= 4 is 63.0 Å². The topological polar surface area (TPSA) is 253 Å². The molecule has 0 aliphatic rings. The first-order valence-electron chi connectivity index (χ1n) is 15.9. The molecule has 4 rings (SSSR count). The van der Waals surface area contributed by atoms with Gasteiger partial charge in [-0.05, 0) is 90.4 Å². The quantitative estimate of drug-likeness (QED) is 0.0860. The molecule has 0 saturated heterocycles. The van der Waals surface area contributed by atoms with Crippen molar-refractivity contribution < 1.29 is 52.8 Å². The summed E-state index contributed by atoms with van der Waals surface area (Å²) in [6, 6.07) is 22.1. The van der Waals surface area contributed by atoms with Crippen LogP contribution in [0.2, 0.25) is 10.0 Å². The van der Waals surface area contributed by atoms with Crippen molar-refractivity contribution in [3.8, 4) is 0 Å². The smallest absolute Gasteiger partial charge is 0.416 e. The summed E-state index contributed by atoms with van der Waals surface area (Å²) in [4.78, 5) is 41.7. The van der Waals surface area contributed by atoms with Crippen molar-refractivity contribution in [3.05, 3.63) is 139 Å². The van der Waals surface area contributed by atoms with Gasteiger partial charge < -0.3 is 43.4 Å². The van der Waals surface area contributed by atoms with Gasteiger partial charge in [0.25, 0.3) is 0 Å². The van der Waals surface area contributed by atoms with E-state index in [9.17, 15) is 32.3 Å². The molecule has 18 heteroatoms. The molecule has 12 N–H and O–H groups in total. The molecule has 4 aromatic carbocycles. The van der Waals surface area contributed by atoms with Gasteiger partial charge in [0.05, 0.1) is 5.56 Å². The summed E-state index contributed by atoms with van der Waals surface area (Å²) in [6.45, 7) is 0. The van der Waals surface area contributed by atoms with E-state index in [0.717, 1.165) is 33.3 Å². The Bertz CT molecular complexity index is 1760. The van der Waals surface area contributed by atoms with Gasteiger partial charge in [0, 0.05) is 14.5 Å². The third kappa shape index (κ3) is 20.1. The van der Waals surface area contributed by atoms with Crippen molar-refractivity contribution in [1.29, 1.82) is 0 Å². The Balaban J connectivity index is 0.000000368. The minimum Gasteiger partial charge on any atom is -0.480 e. The summed E-state index contributed by atoms with van der Waals surface area (Å²) in [7, 11) is 0. The molecule has 55 heavy (non-hydrogen) atoms. The number of hydrogen-bond donors (Lipinski definition) is 8. The number of rotatable bonds is 12. The number of nitrogens with two attached hydrogens (primary N) is 4. The van der Waals surface area contributed by atoms with Crippen LogP contribution in [0.5, 0.6) is 0 Å². The summed E-state index contributed by atoms with van der Waals surface area (Å²) >= 11 is 14.8. The highest BCUT2D eigenvalue weighted by Crippen LogP contribution is 2.29. The maximum Gasteiger partial charge on any atom is 0.416 e. The van der Waals surface area contributed by atoms with E-state index in [4.69, 9.17) is 66.6 Å². The van der Waals surface area contributed by atoms with E-state index in [2.05, 4.69) is 15.9 Å². The second-order valence-electron chi connectivity index (χ2n) is 11.6. The SMILES string of the molecule is N[C@@H](Cc1ccc(Br)cc1)C(=O)O.N[C@@H](Cc1ccc(C(F)(F)F)cc1)C(=O)O.N[C@@H](Cc1ccc(Cl)cc1)C(=O)O.N[C@@H](Cc1ccccc1Cl)C(=O)O. The zero-order chi connectivity index (χ0) is 41.9. The number of alkyl halides is 3. The van der Waals surface area contributed by atoms with E-state index in [0.29, 0.717) is 28.5 Å². The van der Waals surface area contributed by atoms with Crippen LogP contribution in [0.15, 0.2) is 102 Å². The predicted molar refractivity (Wildman–Crippen MR) is 206 cm³/mol. The number of aliphatic carboxylic acids is 4. The molecule has 298 valence electrons. The van der Waals surface area contributed by atoms with Gasteiger partial charge >= 0.3 is 30.1 Å². The van der Waals surface area contributed by atoms with E-state index >= 15 is 0 Å². The number of benzene rings is 4. The Morgan fingerprint density at radius 1 is 0.545 bits per heavy atom. The average Bonchev–Trinajstić information content (AvgIpc) is 3.11. The van der Waals surface area contributed by atoms with Crippen molar-refractivity contribution in [2.24, 2.45) is 22.9 Å². The highest BCUT2D eigenvalue weighted by Gasteiger charge is 2.30. The lowest BCUT2D eigenvalue weighted by Crippen LogP contribution is -2.32. The summed E-state index contributed by atoms with van der Waals surface area (Å²) in [5.74, 6) is -4.15. The third-order valence-corrected chi connectivity index (χ3v) is 8.29. The molecule has 0 heterocycles. The van der Waals surface area contributed by atoms with Crippen molar-refractivity contribution in [2.75, 3.05) is 0 Å². The molecule has 4 atom stereocenters. The minimum atomic E-state index is -4.38. The molecule has 0 amide bonds. The maximum absolute atomic E-state index is 12.2. The van der Waals surface area contributed by atoms with Gasteiger partial charge in [-0.1, -0.05) is 93.7 Å². The van der Waals surface area contributed by atoms with Crippen LogP contribution in [-0.4, -0.2) is 68.5 Å². The molecule has 0 aliphatic carbocycles. The first kappa shape index (κ1) is 48.5. The molecule has 0 spiro atoms. The molecule has 0 aromatic heterocycles. The third-order valence-electron chi connectivity index (χ3n) is 7.14. The fourth-order valence-corrected chi connectivity index (χ4v) is 4.69. The lowest BCUT2D eigenvalue weighted by atomic mass is 10.0. The Morgan fingerprint density at radius 2 is 0.873 bits per heavy atom. The van der Waals surface area contributed by atoms with Crippen LogP contribution in [0.1, 0.15) is 27.8 Å². The van der Waals surface area contributed by atoms with E-state index in [1.54, 1.807) is 48.5 Å². The number of carbonyl (C=O) groups is 4. The second kappa shape index (κ2) is 24.1. The fourth-order valence-electron chi connectivity index (χ4n) is 4.08. The highest BCUT2D eigenvalue weighted by atomic mass is 79.9. The molecule has 0 unspecified atom stereocenters. The van der Waals surface area contributed by atoms with Gasteiger partial charge in [-0.15, -0.1) is 0 Å². The lowest BCUT2D eigenvalue weighted by Gasteiger charge is -2.09. The Morgan fingerprint density at radius 3 is 1.22 bits per heavy atom. The van der Waals surface area contributed by atoms with Crippen LogP contribution in [0, 0.1) is 0 Å². The van der Waals surface area contributed by atoms with Crippen LogP contribution in [0.4, 0.5) is 13.2 Å². The number of hydrogen-bond acceptors (Lipinski definition) is 8. The molecule has 12 nitrogen and oxygen atoms in total. The van der Waals surface area contributed by atoms with Gasteiger partial charge in [0.2, 0.25) is 0 Å². The van der Waals surface area contributed by atoms with E-state index in [1.165, 1.54) is 12.1 Å². The van der Waals surface area contributed by atoms with E-state index in [-0.39, 0.29) is 12.8 Å². The van der Waals surface area contributed by atoms with Crippen LogP contribution < -0.4 is 22.9 Å². The first-order valence-corrected chi connectivity index (χ1v) is 17.5. The van der Waals surface area contributed by atoms with Crippen LogP contribution in [0.25, 0.3) is 0 Å². The molecule has 4 aromatic rings. The second-order valence-corrected chi connectivity index (χ2v) is 13.4. The van der Waals surface area contributed by atoms with Gasteiger partial charge in [0.1, 0.15) is 24.2 Å². The Hall–Kier alpha value is -4.55. The zero-order valence-corrected chi connectivity index (χ0v) is 32.0. The maximum atomic E-state index is 12.2. The highest BCUT2D eigenvalue weighted by molar-refractivity contribution is 9.10. The summed E-state index contributed by atoms with van der Waals surface area (Å²) in [5, 5.41) is 35.4. The monoisotopic (exact) mass is 874 g/mol. The first-order chi connectivity index (χ1) is 25.6. The average molecular weight is 877 g/mol. The number of carboxylic acid groups (broad SMARTS) is 4. The fraction of sp³-hybridized carbons (Fsp3) is 0.243. The van der Waals surface area contributed by atoms with Gasteiger partial charge in [-0.3, -0.25) is 19.2 Å². The van der Waals surface area contributed by atoms with Gasteiger partial charge in [0.15, 0.2) is 0 Å². The normalized spacial score (nSPS) is 12.8. The zero-order valence-electron chi connectivity index (χ0n) is 28.9. The van der Waals surface area contributed by atoms with Crippen molar-refractivity contribution in [1.82, 2.24) is 0 Å². The summed E-state index contributed by atoms with van der Waals surface area (Å²) in [5.41, 5.74) is 23.6. The predicted octanol–water partition coefficient (Wildman–Crippen LogP) is 5.65. The molecule has 0 radical (unpaired) electrons. The molecule has 0 saturated carbocycles. The van der Waals surface area contributed by atoms with E-state index in [1.807, 2.05) is 24.3 Å².